The van der Waals surface area contributed by atoms with Gasteiger partial charge in [-0.1, -0.05) is 18.2 Å². The predicted molar refractivity (Wildman–Crippen MR) is 85.7 cm³/mol. The van der Waals surface area contributed by atoms with Gasteiger partial charge in [0.25, 0.3) is 0 Å². The van der Waals surface area contributed by atoms with E-state index in [9.17, 15) is 0 Å². The molecule has 1 N–H and O–H groups in total. The minimum Gasteiger partial charge on any atom is -0.331 e. The normalized spacial score (nSPS) is 11.6. The van der Waals surface area contributed by atoms with Gasteiger partial charge in [-0.05, 0) is 44.6 Å². The highest BCUT2D eigenvalue weighted by Gasteiger charge is 2.02. The van der Waals surface area contributed by atoms with E-state index in [1.807, 2.05) is 31.2 Å². The van der Waals surface area contributed by atoms with Crippen LogP contribution < -0.4 is 10.1 Å². The van der Waals surface area contributed by atoms with Crippen LogP contribution in [0.15, 0.2) is 34.6 Å². The van der Waals surface area contributed by atoms with Crippen molar-refractivity contribution >= 4 is 34.4 Å². The van der Waals surface area contributed by atoms with Crippen LogP contribution in [-0.2, 0) is 6.54 Å². The van der Waals surface area contributed by atoms with Gasteiger partial charge in [0.05, 0.1) is 0 Å². The van der Waals surface area contributed by atoms with E-state index in [-0.39, 0.29) is 0 Å². The summed E-state index contributed by atoms with van der Waals surface area (Å²) in [5, 5.41) is 5.77. The Balaban J connectivity index is 2.24. The second-order valence-corrected chi connectivity index (χ2v) is 5.48. The lowest BCUT2D eigenvalue weighted by atomic mass is 10.2. The quantitative estimate of drug-likeness (QED) is 0.858. The second kappa shape index (κ2) is 6.12. The molecule has 0 aliphatic heterocycles. The Bertz CT molecular complexity index is 653. The van der Waals surface area contributed by atoms with Gasteiger partial charge in [-0.3, -0.25) is 0 Å². The molecule has 19 heavy (non-hydrogen) atoms. The Kier molecular flexibility index (Phi) is 4.50. The maximum Gasteiger partial charge on any atom is 0.199 e. The number of para-hydroxylation sites is 1. The minimum absolute atomic E-state index is 0.498. The summed E-state index contributed by atoms with van der Waals surface area (Å²) in [4.78, 5) is 5.43. The Morgan fingerprint density at radius 2 is 2.11 bits per heavy atom. The molecule has 0 aliphatic carbocycles. The lowest BCUT2D eigenvalue weighted by Gasteiger charge is -2.07. The van der Waals surface area contributed by atoms with Crippen molar-refractivity contribution in [1.82, 2.24) is 4.57 Å². The van der Waals surface area contributed by atoms with E-state index in [0.29, 0.717) is 5.11 Å². The standard InChI is InChI=1S/C14H17N3S2/c1-4-17-11(3)9-19-14(17)16-13(18)15-12-8-6-5-7-10(12)2/h5-9H,4H2,1-3H3,(H,15,18). The van der Waals surface area contributed by atoms with Gasteiger partial charge >= 0.3 is 0 Å². The smallest absolute Gasteiger partial charge is 0.199 e. The van der Waals surface area contributed by atoms with Crippen LogP contribution in [0.3, 0.4) is 0 Å². The van der Waals surface area contributed by atoms with Crippen molar-refractivity contribution in [3.05, 3.63) is 45.7 Å². The average Bonchev–Trinajstić information content (AvgIpc) is 2.72. The lowest BCUT2D eigenvalue weighted by molar-refractivity contribution is 0.714. The molecular weight excluding hydrogens is 274 g/mol. The number of hydrogen-bond donors (Lipinski definition) is 1. The average molecular weight is 291 g/mol. The molecule has 0 aliphatic rings. The van der Waals surface area contributed by atoms with Gasteiger partial charge in [-0.2, -0.15) is 4.99 Å². The van der Waals surface area contributed by atoms with Gasteiger partial charge in [0.2, 0.25) is 0 Å². The maximum absolute atomic E-state index is 5.31. The van der Waals surface area contributed by atoms with Crippen LogP contribution in [0.25, 0.3) is 0 Å². The summed E-state index contributed by atoms with van der Waals surface area (Å²) in [5.41, 5.74) is 3.38. The van der Waals surface area contributed by atoms with Crippen molar-refractivity contribution in [1.29, 1.82) is 0 Å². The molecule has 2 rings (SSSR count). The minimum atomic E-state index is 0.498. The fraction of sp³-hybridized carbons (Fsp3) is 0.286. The number of aromatic nitrogens is 1. The molecule has 1 aromatic heterocycles. The van der Waals surface area contributed by atoms with Crippen molar-refractivity contribution in [2.45, 2.75) is 27.3 Å². The Morgan fingerprint density at radius 3 is 2.79 bits per heavy atom. The number of aryl methyl sites for hydroxylation is 2. The monoisotopic (exact) mass is 291 g/mol. The molecule has 0 bridgehead atoms. The number of benzene rings is 1. The van der Waals surface area contributed by atoms with Crippen LogP contribution in [-0.4, -0.2) is 9.68 Å². The number of rotatable bonds is 2. The fourth-order valence-corrected chi connectivity index (χ4v) is 3.03. The van der Waals surface area contributed by atoms with Crippen molar-refractivity contribution in [3.8, 4) is 0 Å². The van der Waals surface area contributed by atoms with E-state index in [4.69, 9.17) is 12.2 Å². The molecule has 1 heterocycles. The summed E-state index contributed by atoms with van der Waals surface area (Å²) in [6, 6.07) is 8.05. The highest BCUT2D eigenvalue weighted by atomic mass is 32.1. The van der Waals surface area contributed by atoms with Crippen molar-refractivity contribution < 1.29 is 0 Å². The molecule has 3 nitrogen and oxygen atoms in total. The van der Waals surface area contributed by atoms with E-state index in [1.165, 1.54) is 5.69 Å². The molecule has 0 atom stereocenters. The number of anilines is 1. The number of thiazole rings is 1. The first-order valence-electron chi connectivity index (χ1n) is 6.18. The van der Waals surface area contributed by atoms with Gasteiger partial charge in [-0.25, -0.2) is 0 Å². The highest BCUT2D eigenvalue weighted by molar-refractivity contribution is 7.80. The molecule has 0 radical (unpaired) electrons. The van der Waals surface area contributed by atoms with Gasteiger partial charge in [-0.15, -0.1) is 11.3 Å². The van der Waals surface area contributed by atoms with Gasteiger partial charge < -0.3 is 9.88 Å². The van der Waals surface area contributed by atoms with E-state index in [1.54, 1.807) is 11.3 Å². The topological polar surface area (TPSA) is 29.3 Å². The van der Waals surface area contributed by atoms with E-state index >= 15 is 0 Å². The predicted octanol–water partition coefficient (Wildman–Crippen LogP) is 3.48. The third kappa shape index (κ3) is 3.30. The molecule has 0 amide bonds. The van der Waals surface area contributed by atoms with Crippen LogP contribution in [0.4, 0.5) is 5.69 Å². The number of thiocarbonyl (C=S) groups is 1. The first-order valence-corrected chi connectivity index (χ1v) is 7.47. The fourth-order valence-electron chi connectivity index (χ4n) is 1.83. The molecule has 0 saturated heterocycles. The SMILES string of the molecule is CCn1c(C)csc1=NC(=S)Nc1ccccc1C. The van der Waals surface area contributed by atoms with E-state index in [2.05, 4.69) is 34.1 Å². The summed E-state index contributed by atoms with van der Waals surface area (Å²) in [7, 11) is 0. The second-order valence-electron chi connectivity index (χ2n) is 4.26. The Morgan fingerprint density at radius 1 is 1.37 bits per heavy atom. The molecule has 0 unspecified atom stereocenters. The van der Waals surface area contributed by atoms with Crippen LogP contribution in [0.2, 0.25) is 0 Å². The summed E-state index contributed by atoms with van der Waals surface area (Å²) in [5.74, 6) is 0. The summed E-state index contributed by atoms with van der Waals surface area (Å²) < 4.78 is 2.15. The Hall–Kier alpha value is -1.46. The van der Waals surface area contributed by atoms with Gasteiger partial charge in [0, 0.05) is 23.3 Å². The maximum atomic E-state index is 5.31. The zero-order chi connectivity index (χ0) is 13.8. The van der Waals surface area contributed by atoms with Crippen molar-refractivity contribution in [2.24, 2.45) is 4.99 Å². The number of hydrogen-bond acceptors (Lipinski definition) is 2. The third-order valence-corrected chi connectivity index (χ3v) is 4.07. The van der Waals surface area contributed by atoms with Crippen LogP contribution in [0.1, 0.15) is 18.2 Å². The summed E-state index contributed by atoms with van der Waals surface area (Å²) in [6.45, 7) is 7.14. The van der Waals surface area contributed by atoms with Crippen molar-refractivity contribution in [3.63, 3.8) is 0 Å². The van der Waals surface area contributed by atoms with Gasteiger partial charge in [0.1, 0.15) is 0 Å². The zero-order valence-corrected chi connectivity index (χ0v) is 12.9. The molecule has 2 aromatic rings. The van der Waals surface area contributed by atoms with Crippen LogP contribution in [0, 0.1) is 13.8 Å². The molecule has 100 valence electrons. The molecular formula is C14H17N3S2. The lowest BCUT2D eigenvalue weighted by Crippen LogP contribution is -2.19. The first-order chi connectivity index (χ1) is 9.11. The molecule has 5 heteroatoms. The first kappa shape index (κ1) is 14.0. The van der Waals surface area contributed by atoms with E-state index in [0.717, 1.165) is 22.6 Å². The van der Waals surface area contributed by atoms with Crippen molar-refractivity contribution in [2.75, 3.05) is 5.32 Å². The number of nitrogens with one attached hydrogen (secondary N) is 1. The molecule has 0 fully saturated rings. The molecule has 1 aromatic carbocycles. The summed E-state index contributed by atoms with van der Waals surface area (Å²) in [6.07, 6.45) is 0. The third-order valence-electron chi connectivity index (χ3n) is 2.89. The highest BCUT2D eigenvalue weighted by Crippen LogP contribution is 2.13. The molecule has 0 saturated carbocycles. The summed E-state index contributed by atoms with van der Waals surface area (Å²) >= 11 is 6.92. The zero-order valence-electron chi connectivity index (χ0n) is 11.3. The van der Waals surface area contributed by atoms with E-state index < -0.39 is 0 Å². The molecule has 0 spiro atoms. The van der Waals surface area contributed by atoms with Crippen LogP contribution >= 0.6 is 23.6 Å². The largest absolute Gasteiger partial charge is 0.331 e. The van der Waals surface area contributed by atoms with Gasteiger partial charge in [0.15, 0.2) is 9.91 Å². The van der Waals surface area contributed by atoms with Crippen LogP contribution in [0.5, 0.6) is 0 Å². The Labute approximate surface area is 122 Å². The number of nitrogens with zero attached hydrogens (tertiary/aromatic N) is 2.